The van der Waals surface area contributed by atoms with Gasteiger partial charge in [0.05, 0.1) is 22.5 Å². The average Bonchev–Trinajstić information content (AvgIpc) is 3.50. The van der Waals surface area contributed by atoms with Gasteiger partial charge in [-0.2, -0.15) is 25.7 Å². The molecule has 17 heteroatoms. The Morgan fingerprint density at radius 1 is 0.931 bits per heavy atom. The van der Waals surface area contributed by atoms with Gasteiger partial charge in [0.15, 0.2) is 5.71 Å². The number of aliphatic carboxylic acids is 1. The van der Waals surface area contributed by atoms with Crippen molar-refractivity contribution in [3.8, 4) is 0 Å². The monoisotopic (exact) mass is 876 g/mol. The summed E-state index contributed by atoms with van der Waals surface area (Å²) in [6.07, 6.45) is 13.2. The summed E-state index contributed by atoms with van der Waals surface area (Å²) in [6.45, 7) is 9.51. The molecule has 58 heavy (non-hydrogen) atoms. The van der Waals surface area contributed by atoms with Crippen LogP contribution in [0.15, 0.2) is 93.4 Å². The first-order valence-electron chi connectivity index (χ1n) is 19.2. The zero-order valence-corrected chi connectivity index (χ0v) is 36.4. The lowest BCUT2D eigenvalue weighted by Gasteiger charge is -2.27. The number of benzene rings is 2. The van der Waals surface area contributed by atoms with E-state index in [0.29, 0.717) is 30.0 Å². The lowest BCUT2D eigenvalue weighted by atomic mass is 9.81. The maximum Gasteiger partial charge on any atom is 0.304 e. The van der Waals surface area contributed by atoms with Crippen LogP contribution in [0.25, 0.3) is 0 Å². The number of anilines is 1. The van der Waals surface area contributed by atoms with Crippen molar-refractivity contribution in [2.75, 3.05) is 35.2 Å². The van der Waals surface area contributed by atoms with Crippen molar-refractivity contribution in [3.63, 3.8) is 0 Å². The molecule has 1 aliphatic carbocycles. The van der Waals surface area contributed by atoms with Gasteiger partial charge in [0.1, 0.15) is 6.54 Å². The first-order valence-corrected chi connectivity index (χ1v) is 24.2. The largest absolute Gasteiger partial charge is 0.691 e. The Hall–Kier alpha value is -3.26. The second-order valence-corrected chi connectivity index (χ2v) is 20.4. The fourth-order valence-corrected chi connectivity index (χ4v) is 10.7. The van der Waals surface area contributed by atoms with Crippen molar-refractivity contribution >= 4 is 67.1 Å². The summed E-state index contributed by atoms with van der Waals surface area (Å²) < 4.78 is 73.2. The molecule has 0 bridgehead atoms. The molecule has 0 atom stereocenters. The van der Waals surface area contributed by atoms with E-state index in [4.69, 9.17) is 0 Å². The van der Waals surface area contributed by atoms with Crippen LogP contribution in [0.4, 0.5) is 11.4 Å². The van der Waals surface area contributed by atoms with Crippen molar-refractivity contribution in [1.82, 2.24) is 0 Å². The van der Waals surface area contributed by atoms with E-state index in [2.05, 4.69) is 58.2 Å². The summed E-state index contributed by atoms with van der Waals surface area (Å²) in [5, 5.41) is 23.2. The van der Waals surface area contributed by atoms with Crippen LogP contribution in [0.2, 0.25) is 0 Å². The molecule has 2 heterocycles. The molecule has 5 rings (SSSR count). The van der Waals surface area contributed by atoms with Crippen molar-refractivity contribution in [1.29, 1.82) is 0 Å². The van der Waals surface area contributed by atoms with Crippen LogP contribution in [-0.4, -0.2) is 77.7 Å². The predicted molar refractivity (Wildman–Crippen MR) is 226 cm³/mol. The van der Waals surface area contributed by atoms with Gasteiger partial charge in [-0.15, -0.1) is 11.8 Å². The molecular formula is C41H52N2O11S4. The minimum atomic E-state index is -4.48. The third kappa shape index (κ3) is 11.1. The highest BCUT2D eigenvalue weighted by molar-refractivity contribution is 8.03. The van der Waals surface area contributed by atoms with Gasteiger partial charge in [0.25, 0.3) is 20.2 Å². The maximum absolute atomic E-state index is 12.1. The molecule has 0 saturated heterocycles. The Morgan fingerprint density at radius 2 is 1.69 bits per heavy atom. The first kappa shape index (κ1) is 45.8. The molecule has 0 aromatic heterocycles. The number of unbranched alkanes of at least 4 members (excludes halogenated alkanes) is 2. The number of fused-ring (bicyclic) bond motifs is 2. The lowest BCUT2D eigenvalue weighted by Crippen LogP contribution is -2.28. The SMILES string of the molecule is CC1(C)C(/C=C/C2=C(SCCC(=O)O)C(=C/C=C3/N(CCCCS(=O)(=O)O)c4ccc(S(=O)(=O)O)cc4C3(C)C)/CCC2)=[N+](CCCCSOO[O-])c2ccccc21. The Morgan fingerprint density at radius 3 is 2.40 bits per heavy atom. The Balaban J connectivity index is 1.55. The van der Waals surface area contributed by atoms with Gasteiger partial charge >= 0.3 is 5.97 Å². The van der Waals surface area contributed by atoms with Crippen LogP contribution >= 0.6 is 23.8 Å². The highest BCUT2D eigenvalue weighted by Crippen LogP contribution is 2.49. The molecular weight excluding hydrogens is 825 g/mol. The van der Waals surface area contributed by atoms with Gasteiger partial charge in [-0.25, -0.2) is 0 Å². The smallest absolute Gasteiger partial charge is 0.304 e. The summed E-state index contributed by atoms with van der Waals surface area (Å²) in [5.41, 5.74) is 6.91. The molecule has 0 saturated carbocycles. The van der Waals surface area contributed by atoms with Crippen LogP contribution < -0.4 is 10.2 Å². The average molecular weight is 877 g/mol. The first-order chi connectivity index (χ1) is 27.4. The Bertz CT molecular complexity index is 2240. The van der Waals surface area contributed by atoms with Crippen LogP contribution in [0.1, 0.15) is 90.2 Å². The van der Waals surface area contributed by atoms with Gasteiger partial charge in [-0.3, -0.25) is 18.9 Å². The quantitative estimate of drug-likeness (QED) is 0.0297. The molecule has 2 aliphatic heterocycles. The number of rotatable bonds is 20. The number of hydrogen-bond donors (Lipinski definition) is 3. The molecule has 3 N–H and O–H groups in total. The van der Waals surface area contributed by atoms with E-state index < -0.39 is 31.6 Å². The molecule has 2 aromatic rings. The lowest BCUT2D eigenvalue weighted by molar-refractivity contribution is -0.777. The van der Waals surface area contributed by atoms with Gasteiger partial charge in [-0.05, 0) is 93.4 Å². The third-order valence-corrected chi connectivity index (χ3v) is 14.3. The topological polar surface area (TPSA) is 194 Å². The second kappa shape index (κ2) is 19.4. The third-order valence-electron chi connectivity index (χ3n) is 10.9. The number of allylic oxidation sites excluding steroid dienone is 7. The van der Waals surface area contributed by atoms with Gasteiger partial charge < -0.3 is 15.3 Å². The van der Waals surface area contributed by atoms with Gasteiger partial charge in [0, 0.05) is 75.9 Å². The van der Waals surface area contributed by atoms with E-state index in [0.717, 1.165) is 89.5 Å². The maximum atomic E-state index is 12.1. The molecule has 0 fully saturated rings. The summed E-state index contributed by atoms with van der Waals surface area (Å²) >= 11 is 2.51. The van der Waals surface area contributed by atoms with Gasteiger partial charge in [-0.1, -0.05) is 44.2 Å². The number of hydrogen-bond acceptors (Lipinski definition) is 11. The summed E-state index contributed by atoms with van der Waals surface area (Å²) in [7, 11) is -8.62. The van der Waals surface area contributed by atoms with Crippen molar-refractivity contribution in [2.24, 2.45) is 0 Å². The summed E-state index contributed by atoms with van der Waals surface area (Å²) in [4.78, 5) is 14.5. The second-order valence-electron chi connectivity index (χ2n) is 15.5. The van der Waals surface area contributed by atoms with Crippen LogP contribution in [0.5, 0.6) is 0 Å². The van der Waals surface area contributed by atoms with Crippen molar-refractivity contribution in [3.05, 3.63) is 99.6 Å². The zero-order chi connectivity index (χ0) is 42.3. The zero-order valence-electron chi connectivity index (χ0n) is 33.2. The highest BCUT2D eigenvalue weighted by atomic mass is 32.2. The molecule has 316 valence electrons. The van der Waals surface area contributed by atoms with Gasteiger partial charge in [0.2, 0.25) is 5.69 Å². The molecule has 0 radical (unpaired) electrons. The van der Waals surface area contributed by atoms with E-state index in [9.17, 15) is 41.1 Å². The molecule has 13 nitrogen and oxygen atoms in total. The number of carbonyl (C=O) groups is 1. The Kier molecular flexibility index (Phi) is 15.3. The summed E-state index contributed by atoms with van der Waals surface area (Å²) in [5.74, 6) is -0.268. The van der Waals surface area contributed by atoms with Crippen LogP contribution in [0.3, 0.4) is 0 Å². The van der Waals surface area contributed by atoms with E-state index in [1.54, 1.807) is 6.07 Å². The molecule has 2 aromatic carbocycles. The van der Waals surface area contributed by atoms with Crippen LogP contribution in [-0.2, 0) is 45.2 Å². The number of thioether (sulfide) groups is 1. The van der Waals surface area contributed by atoms with Crippen molar-refractivity contribution < 1.29 is 55.0 Å². The highest BCUT2D eigenvalue weighted by Gasteiger charge is 2.44. The Labute approximate surface area is 350 Å². The number of carboxylic acids is 1. The fraction of sp³-hybridized carbons (Fsp3) is 0.463. The summed E-state index contributed by atoms with van der Waals surface area (Å²) in [6, 6.07) is 12.8. The molecule has 3 aliphatic rings. The molecule has 0 amide bonds. The minimum Gasteiger partial charge on any atom is -0.691 e. The van der Waals surface area contributed by atoms with E-state index in [-0.39, 0.29) is 28.9 Å². The van der Waals surface area contributed by atoms with E-state index in [1.807, 2.05) is 37.0 Å². The molecule has 0 spiro atoms. The van der Waals surface area contributed by atoms with E-state index in [1.165, 1.54) is 29.5 Å². The standard InChI is InChI=1S/C41H52N2O11S4/c1-40(2)32-14-5-6-15-34(32)42(23-7-9-25-56-54-53-46)36(40)20-16-29-12-11-13-30(39(29)55-26-22-38(44)45)17-21-37-41(3,4)33-28-31(58(50,51)52)18-19-35(33)43(37)24-8-10-27-57(47,48)49/h5-6,14-21,28H,7-13,22-27H2,1-4H3,(H3-,44,45,46,47,48,49,50,51,52). The number of nitrogens with zero attached hydrogens (tertiary/aromatic N) is 2. The van der Waals surface area contributed by atoms with Crippen molar-refractivity contribution in [2.45, 2.75) is 94.8 Å². The minimum absolute atomic E-state index is 0.00688. The fourth-order valence-electron chi connectivity index (χ4n) is 7.98. The number of para-hydroxylation sites is 1. The molecule has 0 unspecified atom stereocenters. The van der Waals surface area contributed by atoms with Crippen LogP contribution in [0, 0.1) is 0 Å². The normalized spacial score (nSPS) is 19.2. The predicted octanol–water partition coefficient (Wildman–Crippen LogP) is 7.44. The van der Waals surface area contributed by atoms with E-state index >= 15 is 0 Å². The number of carboxylic acid groups (broad SMARTS) is 1.